The molecule has 0 saturated carbocycles. The third-order valence-electron chi connectivity index (χ3n) is 1.90. The van der Waals surface area contributed by atoms with Crippen LogP contribution in [0.25, 0.3) is 10.1 Å². The number of nitrogen functional groups attached to an aromatic ring is 1. The first-order valence-corrected chi connectivity index (χ1v) is 4.61. The number of thiophene rings is 1. The van der Waals surface area contributed by atoms with Gasteiger partial charge in [-0.15, -0.1) is 11.3 Å². The minimum atomic E-state index is -0.408. The highest BCUT2D eigenvalue weighted by Crippen LogP contribution is 2.31. The smallest absolute Gasteiger partial charge is 0.146 e. The van der Waals surface area contributed by atoms with Crippen LogP contribution < -0.4 is 5.73 Å². The summed E-state index contributed by atoms with van der Waals surface area (Å²) < 4.78 is 13.9. The highest BCUT2D eigenvalue weighted by atomic mass is 32.1. The molecule has 0 aliphatic rings. The molecule has 13 heavy (non-hydrogen) atoms. The molecule has 68 valence electrons. The van der Waals surface area contributed by atoms with E-state index in [9.17, 15) is 4.39 Å². The average molecular weight is 197 g/mol. The maximum absolute atomic E-state index is 13.0. The minimum absolute atomic E-state index is 0.0274. The Balaban J connectivity index is 2.76. The van der Waals surface area contributed by atoms with E-state index in [1.807, 2.05) is 0 Å². The number of aliphatic hydroxyl groups excluding tert-OH is 1. The second kappa shape index (κ2) is 2.97. The van der Waals surface area contributed by atoms with Crippen molar-refractivity contribution in [1.82, 2.24) is 0 Å². The zero-order chi connectivity index (χ0) is 9.42. The predicted octanol–water partition coefficient (Wildman–Crippen LogP) is 2.11. The molecular weight excluding hydrogens is 189 g/mol. The maximum atomic E-state index is 13.0. The molecule has 2 aromatic rings. The average Bonchev–Trinajstić information content (AvgIpc) is 2.55. The van der Waals surface area contributed by atoms with Crippen LogP contribution in [0.5, 0.6) is 0 Å². The van der Waals surface area contributed by atoms with Gasteiger partial charge in [-0.1, -0.05) is 0 Å². The molecule has 0 radical (unpaired) electrons. The van der Waals surface area contributed by atoms with E-state index in [1.54, 1.807) is 12.1 Å². The van der Waals surface area contributed by atoms with Crippen LogP contribution in [-0.2, 0) is 6.61 Å². The van der Waals surface area contributed by atoms with Crippen LogP contribution in [0.2, 0.25) is 0 Å². The fourth-order valence-corrected chi connectivity index (χ4v) is 2.18. The standard InChI is InChI=1S/C9H8FNOS/c10-7-1-2-8-6(9(7)11)3-5(4-12)13-8/h1-3,12H,4,11H2. The number of benzene rings is 1. The van der Waals surface area contributed by atoms with E-state index in [1.165, 1.54) is 17.4 Å². The summed E-state index contributed by atoms with van der Waals surface area (Å²) in [5.41, 5.74) is 5.70. The first kappa shape index (κ1) is 8.47. The van der Waals surface area contributed by atoms with Gasteiger partial charge in [0.05, 0.1) is 12.3 Å². The Morgan fingerprint density at radius 3 is 2.92 bits per heavy atom. The third-order valence-corrected chi connectivity index (χ3v) is 2.98. The molecule has 0 bridgehead atoms. The van der Waals surface area contributed by atoms with Gasteiger partial charge in [0.15, 0.2) is 0 Å². The van der Waals surface area contributed by atoms with Gasteiger partial charge in [0.2, 0.25) is 0 Å². The number of rotatable bonds is 1. The second-order valence-corrected chi connectivity index (χ2v) is 3.91. The molecule has 0 aliphatic carbocycles. The van der Waals surface area contributed by atoms with Crippen molar-refractivity contribution in [2.75, 3.05) is 5.73 Å². The molecule has 1 aromatic heterocycles. The number of hydrogen-bond acceptors (Lipinski definition) is 3. The third kappa shape index (κ3) is 1.28. The van der Waals surface area contributed by atoms with Gasteiger partial charge in [-0.25, -0.2) is 4.39 Å². The lowest BCUT2D eigenvalue weighted by Crippen LogP contribution is -1.89. The van der Waals surface area contributed by atoms with Crippen molar-refractivity contribution in [2.24, 2.45) is 0 Å². The first-order valence-electron chi connectivity index (χ1n) is 3.79. The van der Waals surface area contributed by atoms with Crippen LogP contribution in [0.4, 0.5) is 10.1 Å². The largest absolute Gasteiger partial charge is 0.396 e. The van der Waals surface area contributed by atoms with Crippen molar-refractivity contribution in [3.8, 4) is 0 Å². The van der Waals surface area contributed by atoms with Crippen molar-refractivity contribution in [3.63, 3.8) is 0 Å². The van der Waals surface area contributed by atoms with Gasteiger partial charge >= 0.3 is 0 Å². The molecule has 0 aliphatic heterocycles. The Hall–Kier alpha value is -1.13. The molecule has 1 aromatic carbocycles. The normalized spacial score (nSPS) is 10.9. The predicted molar refractivity (Wildman–Crippen MR) is 52.1 cm³/mol. The fourth-order valence-electron chi connectivity index (χ4n) is 1.24. The van der Waals surface area contributed by atoms with Gasteiger partial charge in [0.25, 0.3) is 0 Å². The summed E-state index contributed by atoms with van der Waals surface area (Å²) in [6.45, 7) is -0.0274. The number of fused-ring (bicyclic) bond motifs is 1. The van der Waals surface area contributed by atoms with Gasteiger partial charge < -0.3 is 10.8 Å². The molecule has 0 unspecified atom stereocenters. The van der Waals surface area contributed by atoms with Gasteiger partial charge in [-0.2, -0.15) is 0 Å². The quantitative estimate of drug-likeness (QED) is 0.688. The van der Waals surface area contributed by atoms with E-state index in [0.717, 1.165) is 9.58 Å². The molecule has 0 atom stereocenters. The summed E-state index contributed by atoms with van der Waals surface area (Å²) in [5.74, 6) is -0.408. The Morgan fingerprint density at radius 2 is 2.23 bits per heavy atom. The molecule has 0 spiro atoms. The molecule has 1 heterocycles. The van der Waals surface area contributed by atoms with E-state index in [-0.39, 0.29) is 12.3 Å². The lowest BCUT2D eigenvalue weighted by Gasteiger charge is -1.96. The van der Waals surface area contributed by atoms with Gasteiger partial charge in [0, 0.05) is 15.0 Å². The zero-order valence-electron chi connectivity index (χ0n) is 6.75. The Bertz CT molecular complexity index is 452. The molecule has 2 rings (SSSR count). The molecular formula is C9H8FNOS. The number of halogens is 1. The number of aliphatic hydroxyl groups is 1. The highest BCUT2D eigenvalue weighted by Gasteiger charge is 2.07. The Labute approximate surface area is 78.4 Å². The van der Waals surface area contributed by atoms with E-state index in [0.29, 0.717) is 5.39 Å². The summed E-state index contributed by atoms with van der Waals surface area (Å²) in [6, 6.07) is 4.73. The second-order valence-electron chi connectivity index (χ2n) is 2.74. The Kier molecular flexibility index (Phi) is 1.94. The Morgan fingerprint density at radius 1 is 1.46 bits per heavy atom. The summed E-state index contributed by atoms with van der Waals surface area (Å²) in [4.78, 5) is 0.798. The van der Waals surface area contributed by atoms with E-state index < -0.39 is 5.82 Å². The van der Waals surface area contributed by atoms with Crippen molar-refractivity contribution in [3.05, 3.63) is 28.9 Å². The molecule has 3 N–H and O–H groups in total. The van der Waals surface area contributed by atoms with Gasteiger partial charge in [-0.05, 0) is 18.2 Å². The van der Waals surface area contributed by atoms with Gasteiger partial charge in [-0.3, -0.25) is 0 Å². The highest BCUT2D eigenvalue weighted by molar-refractivity contribution is 7.19. The van der Waals surface area contributed by atoms with Crippen LogP contribution in [-0.4, -0.2) is 5.11 Å². The van der Waals surface area contributed by atoms with Crippen molar-refractivity contribution in [1.29, 1.82) is 0 Å². The summed E-state index contributed by atoms with van der Waals surface area (Å²) in [7, 11) is 0. The number of nitrogens with two attached hydrogens (primary N) is 1. The van der Waals surface area contributed by atoms with Crippen molar-refractivity contribution in [2.45, 2.75) is 6.61 Å². The maximum Gasteiger partial charge on any atom is 0.146 e. The summed E-state index contributed by atoms with van der Waals surface area (Å²) >= 11 is 1.42. The summed E-state index contributed by atoms with van der Waals surface area (Å²) in [5, 5.41) is 9.56. The van der Waals surface area contributed by atoms with E-state index in [4.69, 9.17) is 10.8 Å². The lowest BCUT2D eigenvalue weighted by molar-refractivity contribution is 0.285. The monoisotopic (exact) mass is 197 g/mol. The molecule has 4 heteroatoms. The molecule has 0 saturated heterocycles. The van der Waals surface area contributed by atoms with Crippen molar-refractivity contribution < 1.29 is 9.50 Å². The van der Waals surface area contributed by atoms with Gasteiger partial charge in [0.1, 0.15) is 5.82 Å². The number of hydrogen-bond donors (Lipinski definition) is 2. The van der Waals surface area contributed by atoms with Crippen molar-refractivity contribution >= 4 is 27.1 Å². The fraction of sp³-hybridized carbons (Fsp3) is 0.111. The van der Waals surface area contributed by atoms with Crippen LogP contribution in [0.1, 0.15) is 4.88 Å². The molecule has 0 amide bonds. The van der Waals surface area contributed by atoms with E-state index in [2.05, 4.69) is 0 Å². The molecule has 2 nitrogen and oxygen atoms in total. The number of anilines is 1. The minimum Gasteiger partial charge on any atom is -0.396 e. The van der Waals surface area contributed by atoms with Crippen LogP contribution in [0.3, 0.4) is 0 Å². The van der Waals surface area contributed by atoms with Crippen LogP contribution in [0, 0.1) is 5.82 Å². The van der Waals surface area contributed by atoms with Crippen LogP contribution in [0.15, 0.2) is 18.2 Å². The van der Waals surface area contributed by atoms with Crippen LogP contribution >= 0.6 is 11.3 Å². The zero-order valence-corrected chi connectivity index (χ0v) is 7.57. The summed E-state index contributed by atoms with van der Waals surface area (Å²) in [6.07, 6.45) is 0. The topological polar surface area (TPSA) is 46.2 Å². The lowest BCUT2D eigenvalue weighted by atomic mass is 10.2. The van der Waals surface area contributed by atoms with E-state index >= 15 is 0 Å². The molecule has 0 fully saturated rings. The first-order chi connectivity index (χ1) is 6.22. The SMILES string of the molecule is Nc1c(F)ccc2sc(CO)cc12.